The molecule has 0 saturated heterocycles. The van der Waals surface area contributed by atoms with Crippen molar-refractivity contribution in [1.29, 1.82) is 0 Å². The Kier molecular flexibility index (Phi) is 6.53. The molecule has 1 heterocycles. The molecule has 1 amide bonds. The molecule has 1 aromatic carbocycles. The minimum Gasteiger partial charge on any atom is -0.448 e. The standard InChI is InChI=1S/C14H12Br2N2O2S/c15-12-4-2-1-3-10(12)8-21-9-14(19)18-17-7-11-5-6-13(16)20-11/h1-7H,8-9H2,(H,18,19)/b17-7-. The summed E-state index contributed by atoms with van der Waals surface area (Å²) in [7, 11) is 0. The Labute approximate surface area is 143 Å². The lowest BCUT2D eigenvalue weighted by Crippen LogP contribution is -2.19. The fourth-order valence-corrected chi connectivity index (χ4v) is 3.22. The molecule has 0 unspecified atom stereocenters. The van der Waals surface area contributed by atoms with Gasteiger partial charge in [0.25, 0.3) is 0 Å². The molecule has 0 spiro atoms. The second-order valence-electron chi connectivity index (χ2n) is 4.02. The van der Waals surface area contributed by atoms with Gasteiger partial charge in [-0.15, -0.1) is 11.8 Å². The van der Waals surface area contributed by atoms with Gasteiger partial charge in [0.15, 0.2) is 4.67 Å². The fourth-order valence-electron chi connectivity index (χ4n) is 1.47. The second kappa shape index (κ2) is 8.41. The van der Waals surface area contributed by atoms with Crippen LogP contribution in [0.2, 0.25) is 0 Å². The number of nitrogens with one attached hydrogen (secondary N) is 1. The molecule has 0 aliphatic rings. The van der Waals surface area contributed by atoms with Crippen LogP contribution < -0.4 is 5.43 Å². The lowest BCUT2D eigenvalue weighted by atomic mass is 10.2. The lowest BCUT2D eigenvalue weighted by molar-refractivity contribution is -0.118. The topological polar surface area (TPSA) is 54.6 Å². The second-order valence-corrected chi connectivity index (χ2v) is 6.64. The zero-order chi connectivity index (χ0) is 15.1. The van der Waals surface area contributed by atoms with Crippen LogP contribution in [-0.2, 0) is 10.5 Å². The number of benzene rings is 1. The average molecular weight is 432 g/mol. The van der Waals surface area contributed by atoms with Crippen molar-refractivity contribution in [2.24, 2.45) is 5.10 Å². The van der Waals surface area contributed by atoms with Crippen LogP contribution in [0.15, 0.2) is 55.1 Å². The van der Waals surface area contributed by atoms with Crippen molar-refractivity contribution in [2.75, 3.05) is 5.75 Å². The summed E-state index contributed by atoms with van der Waals surface area (Å²) in [5, 5.41) is 3.84. The summed E-state index contributed by atoms with van der Waals surface area (Å²) in [4.78, 5) is 11.6. The highest BCUT2D eigenvalue weighted by molar-refractivity contribution is 9.10. The first-order valence-electron chi connectivity index (χ1n) is 6.03. The number of rotatable bonds is 6. The summed E-state index contributed by atoms with van der Waals surface area (Å²) >= 11 is 8.21. The van der Waals surface area contributed by atoms with Crippen molar-refractivity contribution < 1.29 is 9.21 Å². The smallest absolute Gasteiger partial charge is 0.250 e. The Morgan fingerprint density at radius 2 is 2.10 bits per heavy atom. The molecule has 0 bridgehead atoms. The van der Waals surface area contributed by atoms with E-state index < -0.39 is 0 Å². The first kappa shape index (κ1) is 16.3. The van der Waals surface area contributed by atoms with Crippen LogP contribution in [0.4, 0.5) is 0 Å². The van der Waals surface area contributed by atoms with Gasteiger partial charge >= 0.3 is 0 Å². The molecule has 4 nitrogen and oxygen atoms in total. The first-order valence-corrected chi connectivity index (χ1v) is 8.77. The molecular formula is C14H12Br2N2O2S. The third kappa shape index (κ3) is 5.68. The van der Waals surface area contributed by atoms with Crippen molar-refractivity contribution in [3.8, 4) is 0 Å². The van der Waals surface area contributed by atoms with Gasteiger partial charge in [0, 0.05) is 10.2 Å². The molecule has 0 aliphatic carbocycles. The van der Waals surface area contributed by atoms with E-state index in [-0.39, 0.29) is 5.91 Å². The van der Waals surface area contributed by atoms with Crippen LogP contribution in [0.3, 0.4) is 0 Å². The van der Waals surface area contributed by atoms with Crippen molar-refractivity contribution >= 4 is 55.7 Å². The van der Waals surface area contributed by atoms with Gasteiger partial charge in [-0.3, -0.25) is 4.79 Å². The number of hydrazone groups is 1. The third-order valence-corrected chi connectivity index (χ3v) is 4.60. The van der Waals surface area contributed by atoms with E-state index in [0.29, 0.717) is 16.2 Å². The van der Waals surface area contributed by atoms with Gasteiger partial charge in [0.2, 0.25) is 5.91 Å². The van der Waals surface area contributed by atoms with Crippen molar-refractivity contribution in [2.45, 2.75) is 5.75 Å². The van der Waals surface area contributed by atoms with E-state index in [1.807, 2.05) is 24.3 Å². The van der Waals surface area contributed by atoms with E-state index in [0.717, 1.165) is 10.2 Å². The quantitative estimate of drug-likeness (QED) is 0.551. The van der Waals surface area contributed by atoms with Crippen LogP contribution in [0, 0.1) is 0 Å². The summed E-state index contributed by atoms with van der Waals surface area (Å²) in [5.41, 5.74) is 3.63. The molecule has 0 saturated carbocycles. The summed E-state index contributed by atoms with van der Waals surface area (Å²) in [6.45, 7) is 0. The highest BCUT2D eigenvalue weighted by atomic mass is 79.9. The van der Waals surface area contributed by atoms with E-state index >= 15 is 0 Å². The molecule has 7 heteroatoms. The van der Waals surface area contributed by atoms with E-state index in [1.54, 1.807) is 12.1 Å². The Morgan fingerprint density at radius 3 is 2.81 bits per heavy atom. The number of amides is 1. The molecule has 21 heavy (non-hydrogen) atoms. The predicted molar refractivity (Wildman–Crippen MR) is 92.4 cm³/mol. The number of hydrogen-bond acceptors (Lipinski definition) is 4. The van der Waals surface area contributed by atoms with Gasteiger partial charge in [-0.1, -0.05) is 34.1 Å². The summed E-state index contributed by atoms with van der Waals surface area (Å²) < 4.78 is 6.90. The van der Waals surface area contributed by atoms with Crippen LogP contribution >= 0.6 is 43.6 Å². The molecule has 0 atom stereocenters. The van der Waals surface area contributed by atoms with Crippen molar-refractivity contribution in [3.63, 3.8) is 0 Å². The van der Waals surface area contributed by atoms with Crippen LogP contribution in [-0.4, -0.2) is 17.9 Å². The number of thioether (sulfide) groups is 1. The van der Waals surface area contributed by atoms with Crippen LogP contribution in [0.25, 0.3) is 0 Å². The van der Waals surface area contributed by atoms with Gasteiger partial charge in [0.1, 0.15) is 5.76 Å². The number of furan rings is 1. The minimum absolute atomic E-state index is 0.145. The molecule has 1 N–H and O–H groups in total. The maximum Gasteiger partial charge on any atom is 0.250 e. The Hall–Kier alpha value is -1.05. The highest BCUT2D eigenvalue weighted by Crippen LogP contribution is 2.21. The molecule has 2 aromatic rings. The van der Waals surface area contributed by atoms with Crippen molar-refractivity contribution in [3.05, 3.63) is 56.9 Å². The monoisotopic (exact) mass is 430 g/mol. The molecule has 0 fully saturated rings. The van der Waals surface area contributed by atoms with Crippen LogP contribution in [0.1, 0.15) is 11.3 Å². The zero-order valence-electron chi connectivity index (χ0n) is 10.9. The summed E-state index contributed by atoms with van der Waals surface area (Å²) in [6, 6.07) is 11.5. The molecule has 110 valence electrons. The minimum atomic E-state index is -0.145. The fraction of sp³-hybridized carbons (Fsp3) is 0.143. The zero-order valence-corrected chi connectivity index (χ0v) is 14.9. The molecule has 0 aliphatic heterocycles. The van der Waals surface area contributed by atoms with E-state index in [9.17, 15) is 4.79 Å². The third-order valence-electron chi connectivity index (χ3n) is 2.42. The number of nitrogens with zero attached hydrogens (tertiary/aromatic N) is 1. The number of carbonyl (C=O) groups excluding carboxylic acids is 1. The molecule has 2 rings (SSSR count). The Balaban J connectivity index is 1.70. The van der Waals surface area contributed by atoms with E-state index in [4.69, 9.17) is 4.42 Å². The molecular weight excluding hydrogens is 420 g/mol. The lowest BCUT2D eigenvalue weighted by Gasteiger charge is -2.03. The predicted octanol–water partition coefficient (Wildman–Crippen LogP) is 4.19. The maximum absolute atomic E-state index is 11.6. The van der Waals surface area contributed by atoms with Crippen LogP contribution in [0.5, 0.6) is 0 Å². The highest BCUT2D eigenvalue weighted by Gasteiger charge is 2.03. The number of halogens is 2. The first-order chi connectivity index (χ1) is 10.1. The maximum atomic E-state index is 11.6. The molecule has 1 aromatic heterocycles. The SMILES string of the molecule is O=C(CSCc1ccccc1Br)N/N=C\c1ccc(Br)o1. The summed E-state index contributed by atoms with van der Waals surface area (Å²) in [5.74, 6) is 1.54. The number of carbonyl (C=O) groups is 1. The largest absolute Gasteiger partial charge is 0.448 e. The average Bonchev–Trinajstić information content (AvgIpc) is 2.87. The van der Waals surface area contributed by atoms with Gasteiger partial charge in [0.05, 0.1) is 12.0 Å². The Bertz CT molecular complexity index is 643. The van der Waals surface area contributed by atoms with E-state index in [1.165, 1.54) is 23.5 Å². The van der Waals surface area contributed by atoms with Gasteiger partial charge < -0.3 is 4.42 Å². The summed E-state index contributed by atoms with van der Waals surface area (Å²) in [6.07, 6.45) is 1.46. The molecule has 0 radical (unpaired) electrons. The number of hydrogen-bond donors (Lipinski definition) is 1. The van der Waals surface area contributed by atoms with Gasteiger partial charge in [-0.2, -0.15) is 5.10 Å². The Morgan fingerprint density at radius 1 is 1.29 bits per heavy atom. The van der Waals surface area contributed by atoms with Gasteiger partial charge in [-0.25, -0.2) is 5.43 Å². The normalized spacial score (nSPS) is 11.0. The van der Waals surface area contributed by atoms with Crippen molar-refractivity contribution in [1.82, 2.24) is 5.43 Å². The van der Waals surface area contributed by atoms with Gasteiger partial charge in [-0.05, 0) is 39.7 Å². The van der Waals surface area contributed by atoms with E-state index in [2.05, 4.69) is 42.4 Å².